The molecule has 0 bridgehead atoms. The molecule has 2 unspecified atom stereocenters. The van der Waals surface area contributed by atoms with Gasteiger partial charge in [0.2, 0.25) is 0 Å². The molecule has 3 N–H and O–H groups in total. The number of fused-ring (bicyclic) bond motifs is 2. The second-order valence-corrected chi connectivity index (χ2v) is 8.30. The molecule has 0 aromatic heterocycles. The molecule has 1 heterocycles. The number of urea groups is 1. The van der Waals surface area contributed by atoms with E-state index < -0.39 is 17.7 Å². The molecule has 33 heavy (non-hydrogen) atoms. The average Bonchev–Trinajstić information content (AvgIpc) is 2.84. The minimum Gasteiger partial charge on any atom is -0.497 e. The highest BCUT2D eigenvalue weighted by Gasteiger charge is 2.52. The number of benzene rings is 3. The van der Waals surface area contributed by atoms with Crippen molar-refractivity contribution >= 4 is 23.3 Å². The minimum absolute atomic E-state index is 0.254. The Morgan fingerprint density at radius 3 is 2.76 bits per heavy atom. The molecule has 0 saturated carbocycles. The molecule has 0 saturated heterocycles. The number of hydrogen-bond acceptors (Lipinski definition) is 4. The number of aryl methyl sites for hydroxylation is 1. The first-order valence-electron chi connectivity index (χ1n) is 11.0. The predicted molar refractivity (Wildman–Crippen MR) is 125 cm³/mol. The zero-order valence-electron chi connectivity index (χ0n) is 18.2. The molecule has 5 rings (SSSR count). The number of para-hydroxylation sites is 1. The number of ether oxygens (including phenoxy) is 1. The Morgan fingerprint density at radius 2 is 1.91 bits per heavy atom. The lowest BCUT2D eigenvalue weighted by molar-refractivity contribution is -0.141. The van der Waals surface area contributed by atoms with Crippen molar-refractivity contribution in [2.75, 3.05) is 17.3 Å². The summed E-state index contributed by atoms with van der Waals surface area (Å²) in [5.74, 6) is -0.155. The van der Waals surface area contributed by atoms with Gasteiger partial charge in [-0.1, -0.05) is 48.5 Å². The van der Waals surface area contributed by atoms with Gasteiger partial charge in [0.1, 0.15) is 5.75 Å². The van der Waals surface area contributed by atoms with Crippen molar-refractivity contribution < 1.29 is 19.4 Å². The molecule has 7 nitrogen and oxygen atoms in total. The molecule has 2 atom stereocenters. The van der Waals surface area contributed by atoms with Crippen molar-refractivity contribution in [1.82, 2.24) is 5.32 Å². The van der Waals surface area contributed by atoms with Crippen molar-refractivity contribution in [3.63, 3.8) is 0 Å². The van der Waals surface area contributed by atoms with Gasteiger partial charge in [0.25, 0.3) is 11.6 Å². The Kier molecular flexibility index (Phi) is 5.26. The van der Waals surface area contributed by atoms with Crippen LogP contribution in [0.1, 0.15) is 35.6 Å². The lowest BCUT2D eigenvalue weighted by Crippen LogP contribution is -2.63. The molecule has 0 spiro atoms. The summed E-state index contributed by atoms with van der Waals surface area (Å²) in [6, 6.07) is 20.6. The van der Waals surface area contributed by atoms with Gasteiger partial charge in [-0.25, -0.2) is 4.79 Å². The number of carbonyl (C=O) groups is 2. The zero-order valence-corrected chi connectivity index (χ0v) is 18.2. The van der Waals surface area contributed by atoms with Crippen LogP contribution in [0.15, 0.2) is 72.8 Å². The number of anilines is 2. The van der Waals surface area contributed by atoms with Gasteiger partial charge in [-0.2, -0.15) is 0 Å². The third-order valence-corrected chi connectivity index (χ3v) is 6.37. The van der Waals surface area contributed by atoms with Crippen LogP contribution in [0.25, 0.3) is 0 Å². The van der Waals surface area contributed by atoms with Crippen LogP contribution < -0.4 is 20.3 Å². The van der Waals surface area contributed by atoms with Crippen molar-refractivity contribution in [1.29, 1.82) is 0 Å². The lowest BCUT2D eigenvalue weighted by atomic mass is 9.87. The van der Waals surface area contributed by atoms with E-state index in [0.29, 0.717) is 22.7 Å². The highest BCUT2D eigenvalue weighted by Crippen LogP contribution is 2.41. The van der Waals surface area contributed by atoms with E-state index in [1.54, 1.807) is 48.5 Å². The molecule has 7 heteroatoms. The van der Waals surface area contributed by atoms with Gasteiger partial charge in [-0.3, -0.25) is 9.69 Å². The van der Waals surface area contributed by atoms with E-state index in [4.69, 9.17) is 4.74 Å². The van der Waals surface area contributed by atoms with Crippen molar-refractivity contribution in [2.45, 2.75) is 31.0 Å². The fourth-order valence-corrected chi connectivity index (χ4v) is 4.77. The number of nitrogens with zero attached hydrogens (tertiary/aromatic N) is 1. The number of rotatable bonds is 4. The number of nitrogens with one attached hydrogen (secondary N) is 2. The Hall–Kier alpha value is -3.84. The molecule has 168 valence electrons. The summed E-state index contributed by atoms with van der Waals surface area (Å²) in [7, 11) is 1.52. The normalized spacial score (nSPS) is 21.5. The van der Waals surface area contributed by atoms with Crippen LogP contribution in [-0.4, -0.2) is 24.2 Å². The topological polar surface area (TPSA) is 90.9 Å². The summed E-state index contributed by atoms with van der Waals surface area (Å²) in [4.78, 5) is 28.1. The molecule has 3 aromatic carbocycles. The number of hydrogen-bond donors (Lipinski definition) is 3. The Balaban J connectivity index is 1.59. The Morgan fingerprint density at radius 1 is 1.12 bits per heavy atom. The zero-order chi connectivity index (χ0) is 23.0. The summed E-state index contributed by atoms with van der Waals surface area (Å²) in [6.07, 6.45) is 2.64. The summed E-state index contributed by atoms with van der Waals surface area (Å²) >= 11 is 0. The molecule has 3 amide bonds. The maximum absolute atomic E-state index is 13.8. The quantitative estimate of drug-likeness (QED) is 0.567. The molecule has 3 aromatic rings. The predicted octanol–water partition coefficient (Wildman–Crippen LogP) is 4.09. The average molecular weight is 444 g/mol. The van der Waals surface area contributed by atoms with Gasteiger partial charge >= 0.3 is 6.03 Å². The first-order chi connectivity index (χ1) is 16.0. The first-order valence-corrected chi connectivity index (χ1v) is 11.0. The van der Waals surface area contributed by atoms with Gasteiger partial charge in [0, 0.05) is 11.6 Å². The maximum Gasteiger partial charge on any atom is 0.329 e. The Labute approximate surface area is 192 Å². The molecule has 0 fully saturated rings. The molecule has 0 radical (unpaired) electrons. The van der Waals surface area contributed by atoms with E-state index in [0.717, 1.165) is 29.7 Å². The van der Waals surface area contributed by atoms with Crippen molar-refractivity contribution in [2.24, 2.45) is 0 Å². The third-order valence-electron chi connectivity index (χ3n) is 6.37. The summed E-state index contributed by atoms with van der Waals surface area (Å²) in [5, 5.41) is 17.8. The van der Waals surface area contributed by atoms with Gasteiger partial charge in [0.15, 0.2) is 0 Å². The first kappa shape index (κ1) is 21.0. The van der Waals surface area contributed by atoms with Gasteiger partial charge < -0.3 is 20.5 Å². The number of methoxy groups -OCH3 is 1. The van der Waals surface area contributed by atoms with Crippen LogP contribution in [0.3, 0.4) is 0 Å². The minimum atomic E-state index is -2.25. The van der Waals surface area contributed by atoms with Crippen LogP contribution in [0.4, 0.5) is 16.2 Å². The van der Waals surface area contributed by atoms with E-state index in [2.05, 4.69) is 16.7 Å². The SMILES string of the molecule is COc1cccc(N2C(=O)Nc3ccccc3C2(O)C(=O)NC2CCCc3ccccc32)c1. The second-order valence-electron chi connectivity index (χ2n) is 8.30. The van der Waals surface area contributed by atoms with E-state index in [-0.39, 0.29) is 6.04 Å². The summed E-state index contributed by atoms with van der Waals surface area (Å²) in [5.41, 5.74) is 1.01. The number of carbonyl (C=O) groups excluding carboxylic acids is 2. The van der Waals surface area contributed by atoms with Crippen LogP contribution in [0, 0.1) is 0 Å². The fraction of sp³-hybridized carbons (Fsp3) is 0.231. The third kappa shape index (κ3) is 3.50. The largest absolute Gasteiger partial charge is 0.497 e. The number of aliphatic hydroxyl groups is 1. The Bertz CT molecular complexity index is 1230. The van der Waals surface area contributed by atoms with Gasteiger partial charge in [0.05, 0.1) is 24.5 Å². The van der Waals surface area contributed by atoms with Crippen LogP contribution in [0.2, 0.25) is 0 Å². The van der Waals surface area contributed by atoms with Crippen molar-refractivity contribution in [3.8, 4) is 5.75 Å². The summed E-state index contributed by atoms with van der Waals surface area (Å²) < 4.78 is 5.30. The molecular formula is C26H25N3O4. The summed E-state index contributed by atoms with van der Waals surface area (Å²) in [6.45, 7) is 0. The lowest BCUT2D eigenvalue weighted by Gasteiger charge is -2.43. The van der Waals surface area contributed by atoms with E-state index in [1.807, 2.05) is 18.2 Å². The fourth-order valence-electron chi connectivity index (χ4n) is 4.77. The van der Waals surface area contributed by atoms with Crippen LogP contribution in [0.5, 0.6) is 5.75 Å². The molecule has 1 aliphatic carbocycles. The number of amides is 3. The maximum atomic E-state index is 13.8. The van der Waals surface area contributed by atoms with E-state index >= 15 is 0 Å². The molecular weight excluding hydrogens is 418 g/mol. The highest BCUT2D eigenvalue weighted by atomic mass is 16.5. The highest BCUT2D eigenvalue weighted by molar-refractivity contribution is 6.12. The van der Waals surface area contributed by atoms with Crippen LogP contribution >= 0.6 is 0 Å². The molecule has 1 aliphatic heterocycles. The van der Waals surface area contributed by atoms with Gasteiger partial charge in [-0.05, 0) is 48.6 Å². The standard InChI is InChI=1S/C26H25N3O4/c1-33-19-11-7-10-18(16-19)29-25(31)28-23-14-5-4-13-21(23)26(29,32)24(30)27-22-15-6-9-17-8-2-3-12-20(17)22/h2-5,7-8,10-14,16,22,32H,6,9,15H2,1H3,(H,27,30)(H,28,31). The second kappa shape index (κ2) is 8.26. The molecule has 2 aliphatic rings. The van der Waals surface area contributed by atoms with Gasteiger partial charge in [-0.15, -0.1) is 0 Å². The van der Waals surface area contributed by atoms with E-state index in [9.17, 15) is 14.7 Å². The van der Waals surface area contributed by atoms with E-state index in [1.165, 1.54) is 12.7 Å². The monoisotopic (exact) mass is 443 g/mol. The van der Waals surface area contributed by atoms with Crippen molar-refractivity contribution in [3.05, 3.63) is 89.5 Å². The van der Waals surface area contributed by atoms with Crippen LogP contribution in [-0.2, 0) is 16.9 Å². The smallest absolute Gasteiger partial charge is 0.329 e.